The lowest BCUT2D eigenvalue weighted by Crippen LogP contribution is -2.61. The summed E-state index contributed by atoms with van der Waals surface area (Å²) < 4.78 is 13.3. The molecule has 3 heterocycles. The lowest BCUT2D eigenvalue weighted by Gasteiger charge is -2.37. The molecule has 4 rings (SSSR count). The van der Waals surface area contributed by atoms with Gasteiger partial charge in [0.1, 0.15) is 11.9 Å². The first kappa shape index (κ1) is 18.7. The molecule has 2 aliphatic rings. The van der Waals surface area contributed by atoms with Crippen LogP contribution in [0.4, 0.5) is 10.7 Å². The average Bonchev–Trinajstić information content (AvgIpc) is 3.23. The Morgan fingerprint density at radius 2 is 2.04 bits per heavy atom. The quantitative estimate of drug-likeness (QED) is 0.730. The van der Waals surface area contributed by atoms with Gasteiger partial charge in [-0.2, -0.15) is 0 Å². The normalized spacial score (nSPS) is 20.9. The Kier molecular flexibility index (Phi) is 4.71. The Morgan fingerprint density at radius 3 is 2.75 bits per heavy atom. The molecule has 2 aliphatic heterocycles. The molecule has 1 N–H and O–H groups in total. The van der Waals surface area contributed by atoms with Crippen LogP contribution >= 0.6 is 15.9 Å². The molecular weight excluding hydrogens is 432 g/mol. The molecule has 148 valence electrons. The van der Waals surface area contributed by atoms with Crippen molar-refractivity contribution in [3.8, 4) is 17.1 Å². The number of carbonyl (C=O) groups is 2. The van der Waals surface area contributed by atoms with E-state index in [1.54, 1.807) is 25.8 Å². The third-order valence-corrected chi connectivity index (χ3v) is 5.47. The van der Waals surface area contributed by atoms with Crippen molar-refractivity contribution in [3.63, 3.8) is 0 Å². The van der Waals surface area contributed by atoms with E-state index in [0.717, 1.165) is 4.47 Å². The number of hydrogen-bond acceptors (Lipinski definition) is 7. The second-order valence-electron chi connectivity index (χ2n) is 6.49. The number of methoxy groups -OCH3 is 2. The van der Waals surface area contributed by atoms with Crippen LogP contribution in [0, 0.1) is 0 Å². The van der Waals surface area contributed by atoms with Gasteiger partial charge in [0.2, 0.25) is 5.95 Å². The Labute approximate surface area is 169 Å². The number of benzene rings is 1. The van der Waals surface area contributed by atoms with E-state index in [2.05, 4.69) is 31.4 Å². The van der Waals surface area contributed by atoms with E-state index < -0.39 is 18.2 Å². The lowest BCUT2D eigenvalue weighted by atomic mass is 10.1. The zero-order valence-electron chi connectivity index (χ0n) is 15.5. The summed E-state index contributed by atoms with van der Waals surface area (Å²) in [5, 5.41) is 11.1. The van der Waals surface area contributed by atoms with Gasteiger partial charge in [-0.1, -0.05) is 15.9 Å². The summed E-state index contributed by atoms with van der Waals surface area (Å²) in [5.74, 6) is 1.25. The highest BCUT2D eigenvalue weighted by Crippen LogP contribution is 2.42. The van der Waals surface area contributed by atoms with Gasteiger partial charge in [-0.25, -0.2) is 4.79 Å². The summed E-state index contributed by atoms with van der Waals surface area (Å²) in [7, 11) is 4.81. The fourth-order valence-corrected chi connectivity index (χ4v) is 4.03. The van der Waals surface area contributed by atoms with Crippen LogP contribution in [0.5, 0.6) is 5.75 Å². The monoisotopic (exact) mass is 450 g/mol. The zero-order chi connectivity index (χ0) is 20.0. The van der Waals surface area contributed by atoms with Crippen molar-refractivity contribution >= 4 is 33.8 Å². The van der Waals surface area contributed by atoms with Gasteiger partial charge in [0.15, 0.2) is 11.9 Å². The van der Waals surface area contributed by atoms with Crippen molar-refractivity contribution in [3.05, 3.63) is 22.7 Å². The van der Waals surface area contributed by atoms with Crippen LogP contribution in [0.3, 0.4) is 0 Å². The number of likely N-dealkylation sites (N-methyl/N-ethyl adjacent to an activating group) is 1. The van der Waals surface area contributed by atoms with Gasteiger partial charge in [-0.3, -0.25) is 14.7 Å². The Hall–Kier alpha value is -2.66. The summed E-state index contributed by atoms with van der Waals surface area (Å²) in [5.41, 5.74) is 0.704. The van der Waals surface area contributed by atoms with E-state index in [1.807, 2.05) is 23.1 Å². The Morgan fingerprint density at radius 1 is 1.25 bits per heavy atom. The maximum absolute atomic E-state index is 12.7. The lowest BCUT2D eigenvalue weighted by molar-refractivity contribution is -0.124. The molecule has 1 aromatic heterocycles. The molecule has 3 amide bonds. The molecular formula is C17H19BrN6O4. The highest BCUT2D eigenvalue weighted by Gasteiger charge is 2.52. The first-order valence-electron chi connectivity index (χ1n) is 8.60. The molecule has 1 fully saturated rings. The van der Waals surface area contributed by atoms with Crippen LogP contribution in [0.1, 0.15) is 6.17 Å². The van der Waals surface area contributed by atoms with Crippen molar-refractivity contribution < 1.29 is 19.1 Å². The molecule has 0 radical (unpaired) electrons. The number of urea groups is 1. The second-order valence-corrected chi connectivity index (χ2v) is 7.40. The molecule has 2 atom stereocenters. The molecule has 0 bridgehead atoms. The predicted molar refractivity (Wildman–Crippen MR) is 103 cm³/mol. The van der Waals surface area contributed by atoms with E-state index in [-0.39, 0.29) is 5.91 Å². The molecule has 10 nitrogen and oxygen atoms in total. The van der Waals surface area contributed by atoms with Crippen LogP contribution in [0.15, 0.2) is 22.7 Å². The van der Waals surface area contributed by atoms with E-state index in [9.17, 15) is 9.59 Å². The molecule has 0 spiro atoms. The van der Waals surface area contributed by atoms with Crippen LogP contribution in [0.2, 0.25) is 0 Å². The summed E-state index contributed by atoms with van der Waals surface area (Å²) in [4.78, 5) is 28.2. The average molecular weight is 451 g/mol. The van der Waals surface area contributed by atoms with Crippen molar-refractivity contribution in [1.29, 1.82) is 0 Å². The summed E-state index contributed by atoms with van der Waals surface area (Å²) in [6.07, 6.45) is -0.582. The number of halogens is 1. The molecule has 11 heteroatoms. The summed E-state index contributed by atoms with van der Waals surface area (Å²) in [6, 6.07) is 4.46. The molecule has 28 heavy (non-hydrogen) atoms. The predicted octanol–water partition coefficient (Wildman–Crippen LogP) is 1.23. The third kappa shape index (κ3) is 2.73. The van der Waals surface area contributed by atoms with E-state index in [1.165, 1.54) is 4.90 Å². The maximum atomic E-state index is 12.7. The number of nitrogens with zero attached hydrogens (tertiary/aromatic N) is 5. The van der Waals surface area contributed by atoms with Crippen LogP contribution in [-0.4, -0.2) is 72.1 Å². The van der Waals surface area contributed by atoms with Gasteiger partial charge in [0, 0.05) is 25.2 Å². The first-order chi connectivity index (χ1) is 13.5. The minimum Gasteiger partial charge on any atom is -0.496 e. The number of rotatable bonds is 5. The number of fused-ring (bicyclic) bond motifs is 3. The minimum absolute atomic E-state index is 0.373. The SMILES string of the molecule is COCCN1c2nnc(-c3cc(Br)ccc3OC)n2C2C1C(=O)NC(=O)N2C. The molecule has 0 aliphatic carbocycles. The minimum atomic E-state index is -0.625. The smallest absolute Gasteiger partial charge is 0.325 e. The molecule has 1 aromatic carbocycles. The largest absolute Gasteiger partial charge is 0.496 e. The van der Waals surface area contributed by atoms with Crippen molar-refractivity contribution in [2.24, 2.45) is 0 Å². The number of aromatic nitrogens is 3. The standard InChI is InChI=1S/C17H19BrN6O4/c1-22-15-12(14(25)19-17(22)26)23(6-7-27-2)16-21-20-13(24(15)16)10-8-9(18)4-5-11(10)28-3/h4-5,8,12,15H,6-7H2,1-3H3,(H,19,25,26). The number of nitrogens with one attached hydrogen (secondary N) is 1. The van der Waals surface area contributed by atoms with Gasteiger partial charge < -0.3 is 19.3 Å². The van der Waals surface area contributed by atoms with Gasteiger partial charge in [-0.05, 0) is 18.2 Å². The third-order valence-electron chi connectivity index (χ3n) is 4.97. The van der Waals surface area contributed by atoms with E-state index in [4.69, 9.17) is 9.47 Å². The highest BCUT2D eigenvalue weighted by atomic mass is 79.9. The zero-order valence-corrected chi connectivity index (χ0v) is 17.1. The number of imide groups is 1. The summed E-state index contributed by atoms with van der Waals surface area (Å²) >= 11 is 3.47. The molecule has 2 aromatic rings. The van der Waals surface area contributed by atoms with E-state index in [0.29, 0.717) is 36.2 Å². The maximum Gasteiger partial charge on any atom is 0.325 e. The van der Waals surface area contributed by atoms with Gasteiger partial charge in [0.25, 0.3) is 5.91 Å². The number of ether oxygens (including phenoxy) is 2. The summed E-state index contributed by atoms with van der Waals surface area (Å²) in [6.45, 7) is 0.831. The topological polar surface area (TPSA) is 102 Å². The molecule has 2 unspecified atom stereocenters. The van der Waals surface area contributed by atoms with Gasteiger partial charge >= 0.3 is 6.03 Å². The molecule has 0 saturated carbocycles. The number of carbonyl (C=O) groups excluding carboxylic acids is 2. The first-order valence-corrected chi connectivity index (χ1v) is 9.39. The van der Waals surface area contributed by atoms with Gasteiger partial charge in [0.05, 0.1) is 19.3 Å². The van der Waals surface area contributed by atoms with Crippen LogP contribution < -0.4 is 15.0 Å². The van der Waals surface area contributed by atoms with Crippen LogP contribution in [0.25, 0.3) is 11.4 Å². The molecule has 1 saturated heterocycles. The number of amides is 3. The van der Waals surface area contributed by atoms with Gasteiger partial charge in [-0.15, -0.1) is 10.2 Å². The second kappa shape index (κ2) is 7.06. The fraction of sp³-hybridized carbons (Fsp3) is 0.412. The Bertz CT molecular complexity index is 948. The van der Waals surface area contributed by atoms with E-state index >= 15 is 0 Å². The van der Waals surface area contributed by atoms with Crippen molar-refractivity contribution in [1.82, 2.24) is 25.0 Å². The fourth-order valence-electron chi connectivity index (χ4n) is 3.67. The Balaban J connectivity index is 1.89. The van der Waals surface area contributed by atoms with Crippen LogP contribution in [-0.2, 0) is 9.53 Å². The van der Waals surface area contributed by atoms with Crippen molar-refractivity contribution in [2.45, 2.75) is 12.2 Å². The van der Waals surface area contributed by atoms with Crippen molar-refractivity contribution in [2.75, 3.05) is 39.3 Å². The number of anilines is 1. The highest BCUT2D eigenvalue weighted by molar-refractivity contribution is 9.10. The number of hydrogen-bond donors (Lipinski definition) is 1.